The van der Waals surface area contributed by atoms with Crippen LogP contribution in [0.4, 0.5) is 0 Å². The number of nitrogens with zero attached hydrogens (tertiary/aromatic N) is 3. The highest BCUT2D eigenvalue weighted by molar-refractivity contribution is 5.70. The number of rotatable bonds is 5. The lowest BCUT2D eigenvalue weighted by Gasteiger charge is -2.29. The van der Waals surface area contributed by atoms with Gasteiger partial charge in [-0.15, -0.1) is 0 Å². The molecule has 6 nitrogen and oxygen atoms in total. The highest BCUT2D eigenvalue weighted by Crippen LogP contribution is 2.18. The molecule has 2 rings (SSSR count). The normalized spacial score (nSPS) is 21.1. The van der Waals surface area contributed by atoms with E-state index in [1.165, 1.54) is 0 Å². The number of aliphatic carboxylic acids is 1. The fourth-order valence-electron chi connectivity index (χ4n) is 2.27. The summed E-state index contributed by atoms with van der Waals surface area (Å²) < 4.78 is 5.17. The molecule has 1 aromatic heterocycles. The Bertz CT molecular complexity index is 405. The first kappa shape index (κ1) is 13.0. The molecular formula is C12H19N3O3. The highest BCUT2D eigenvalue weighted by atomic mass is 16.5. The average molecular weight is 253 g/mol. The van der Waals surface area contributed by atoms with Crippen LogP contribution in [0.25, 0.3) is 0 Å². The summed E-state index contributed by atoms with van der Waals surface area (Å²) in [7, 11) is 0. The molecule has 1 saturated heterocycles. The lowest BCUT2D eigenvalue weighted by Crippen LogP contribution is -2.38. The lowest BCUT2D eigenvalue weighted by molar-refractivity contribution is -0.143. The van der Waals surface area contributed by atoms with Crippen LogP contribution in [0.3, 0.4) is 0 Å². The number of hydrogen-bond donors (Lipinski definition) is 1. The SMILES string of the molecule is CCCc1noc(CN2CCCC(C(=O)O)C2)n1. The minimum absolute atomic E-state index is 0.267. The molecule has 0 saturated carbocycles. The Hall–Kier alpha value is -1.43. The maximum atomic E-state index is 11.0. The molecule has 6 heteroatoms. The average Bonchev–Trinajstić information content (AvgIpc) is 2.77. The van der Waals surface area contributed by atoms with E-state index >= 15 is 0 Å². The monoisotopic (exact) mass is 253 g/mol. The molecule has 1 fully saturated rings. The molecule has 1 aliphatic heterocycles. The minimum Gasteiger partial charge on any atom is -0.481 e. The zero-order valence-corrected chi connectivity index (χ0v) is 10.6. The van der Waals surface area contributed by atoms with E-state index in [9.17, 15) is 4.79 Å². The molecule has 0 spiro atoms. The molecule has 1 unspecified atom stereocenters. The largest absolute Gasteiger partial charge is 0.481 e. The fourth-order valence-corrected chi connectivity index (χ4v) is 2.27. The van der Waals surface area contributed by atoms with Gasteiger partial charge in [0.15, 0.2) is 5.82 Å². The summed E-state index contributed by atoms with van der Waals surface area (Å²) in [6.45, 7) is 4.09. The quantitative estimate of drug-likeness (QED) is 0.852. The molecule has 100 valence electrons. The molecule has 2 heterocycles. The third-order valence-corrected chi connectivity index (χ3v) is 3.20. The number of aromatic nitrogens is 2. The van der Waals surface area contributed by atoms with Gasteiger partial charge in [-0.1, -0.05) is 12.1 Å². The number of likely N-dealkylation sites (tertiary alicyclic amines) is 1. The van der Waals surface area contributed by atoms with E-state index in [1.807, 2.05) is 0 Å². The van der Waals surface area contributed by atoms with Crippen molar-refractivity contribution in [3.05, 3.63) is 11.7 Å². The fraction of sp³-hybridized carbons (Fsp3) is 0.750. The van der Waals surface area contributed by atoms with Crippen LogP contribution in [-0.4, -0.2) is 39.2 Å². The van der Waals surface area contributed by atoms with E-state index in [-0.39, 0.29) is 5.92 Å². The minimum atomic E-state index is -0.711. The first-order valence-corrected chi connectivity index (χ1v) is 6.45. The van der Waals surface area contributed by atoms with Crippen molar-refractivity contribution in [2.24, 2.45) is 5.92 Å². The van der Waals surface area contributed by atoms with Crippen molar-refractivity contribution in [3.63, 3.8) is 0 Å². The Morgan fingerprint density at radius 2 is 2.44 bits per heavy atom. The topological polar surface area (TPSA) is 79.5 Å². The summed E-state index contributed by atoms with van der Waals surface area (Å²) in [6.07, 6.45) is 3.48. The Labute approximate surface area is 106 Å². The third-order valence-electron chi connectivity index (χ3n) is 3.20. The van der Waals surface area contributed by atoms with Gasteiger partial charge in [0.1, 0.15) is 0 Å². The van der Waals surface area contributed by atoms with Crippen molar-refractivity contribution < 1.29 is 14.4 Å². The summed E-state index contributed by atoms with van der Waals surface area (Å²) in [5.41, 5.74) is 0. The van der Waals surface area contributed by atoms with Gasteiger partial charge in [0.05, 0.1) is 12.5 Å². The molecule has 0 aliphatic carbocycles. The molecule has 0 bridgehead atoms. The van der Waals surface area contributed by atoms with Gasteiger partial charge in [0.2, 0.25) is 5.89 Å². The lowest BCUT2D eigenvalue weighted by atomic mass is 9.98. The Balaban J connectivity index is 1.89. The van der Waals surface area contributed by atoms with Crippen molar-refractivity contribution >= 4 is 5.97 Å². The molecule has 0 radical (unpaired) electrons. The summed E-state index contributed by atoms with van der Waals surface area (Å²) in [5, 5.41) is 12.9. The molecule has 18 heavy (non-hydrogen) atoms. The third kappa shape index (κ3) is 3.29. The molecule has 1 aliphatic rings. The van der Waals surface area contributed by atoms with Crippen LogP contribution in [0.15, 0.2) is 4.52 Å². The Kier molecular flexibility index (Phi) is 4.30. The van der Waals surface area contributed by atoms with E-state index in [4.69, 9.17) is 9.63 Å². The molecule has 1 N–H and O–H groups in total. The smallest absolute Gasteiger partial charge is 0.307 e. The maximum Gasteiger partial charge on any atom is 0.307 e. The van der Waals surface area contributed by atoms with Crippen LogP contribution >= 0.6 is 0 Å². The van der Waals surface area contributed by atoms with Crippen LogP contribution in [0.1, 0.15) is 37.9 Å². The number of piperidine rings is 1. The summed E-state index contributed by atoms with van der Waals surface area (Å²) in [4.78, 5) is 17.3. The molecule has 0 aromatic carbocycles. The van der Waals surface area contributed by atoms with E-state index < -0.39 is 5.97 Å². The van der Waals surface area contributed by atoms with Gasteiger partial charge in [0.25, 0.3) is 0 Å². The molecule has 1 aromatic rings. The Morgan fingerprint density at radius 3 is 3.17 bits per heavy atom. The van der Waals surface area contributed by atoms with Crippen LogP contribution < -0.4 is 0 Å². The van der Waals surface area contributed by atoms with Crippen LogP contribution in [-0.2, 0) is 17.8 Å². The van der Waals surface area contributed by atoms with E-state index in [1.54, 1.807) is 0 Å². The van der Waals surface area contributed by atoms with Gasteiger partial charge < -0.3 is 9.63 Å². The van der Waals surface area contributed by atoms with Gasteiger partial charge in [-0.25, -0.2) is 0 Å². The predicted molar refractivity (Wildman–Crippen MR) is 63.9 cm³/mol. The second kappa shape index (κ2) is 5.95. The standard InChI is InChI=1S/C12H19N3O3/c1-2-4-10-13-11(18-14-10)8-15-6-3-5-9(7-15)12(16)17/h9H,2-8H2,1H3,(H,16,17). The van der Waals surface area contributed by atoms with Crippen molar-refractivity contribution in [1.29, 1.82) is 0 Å². The van der Waals surface area contributed by atoms with Gasteiger partial charge in [-0.3, -0.25) is 9.69 Å². The molecule has 0 amide bonds. The van der Waals surface area contributed by atoms with E-state index in [0.717, 1.165) is 38.1 Å². The summed E-state index contributed by atoms with van der Waals surface area (Å²) >= 11 is 0. The van der Waals surface area contributed by atoms with Crippen molar-refractivity contribution in [3.8, 4) is 0 Å². The van der Waals surface area contributed by atoms with Gasteiger partial charge in [-0.05, 0) is 25.8 Å². The zero-order chi connectivity index (χ0) is 13.0. The number of carbonyl (C=O) groups is 1. The van der Waals surface area contributed by atoms with Crippen molar-refractivity contribution in [1.82, 2.24) is 15.0 Å². The second-order valence-corrected chi connectivity index (χ2v) is 4.77. The van der Waals surface area contributed by atoms with Crippen LogP contribution in [0.5, 0.6) is 0 Å². The highest BCUT2D eigenvalue weighted by Gasteiger charge is 2.26. The van der Waals surface area contributed by atoms with Crippen molar-refractivity contribution in [2.75, 3.05) is 13.1 Å². The first-order chi connectivity index (χ1) is 8.69. The zero-order valence-electron chi connectivity index (χ0n) is 10.6. The van der Waals surface area contributed by atoms with Gasteiger partial charge >= 0.3 is 5.97 Å². The molecule has 1 atom stereocenters. The summed E-state index contributed by atoms with van der Waals surface area (Å²) in [6, 6.07) is 0. The number of aryl methyl sites for hydroxylation is 1. The number of carboxylic acids is 1. The number of carboxylic acid groups (broad SMARTS) is 1. The van der Waals surface area contributed by atoms with Crippen LogP contribution in [0, 0.1) is 5.92 Å². The van der Waals surface area contributed by atoms with Crippen molar-refractivity contribution in [2.45, 2.75) is 39.2 Å². The van der Waals surface area contributed by atoms with Gasteiger partial charge in [0, 0.05) is 13.0 Å². The van der Waals surface area contributed by atoms with E-state index in [0.29, 0.717) is 19.0 Å². The van der Waals surface area contributed by atoms with Crippen LogP contribution in [0.2, 0.25) is 0 Å². The number of hydrogen-bond acceptors (Lipinski definition) is 5. The molecular weight excluding hydrogens is 234 g/mol. The maximum absolute atomic E-state index is 11.0. The Morgan fingerprint density at radius 1 is 1.61 bits per heavy atom. The predicted octanol–water partition coefficient (Wildman–Crippen LogP) is 1.32. The first-order valence-electron chi connectivity index (χ1n) is 6.45. The van der Waals surface area contributed by atoms with E-state index in [2.05, 4.69) is 22.0 Å². The summed E-state index contributed by atoms with van der Waals surface area (Å²) in [5.74, 6) is 0.345. The second-order valence-electron chi connectivity index (χ2n) is 4.77. The van der Waals surface area contributed by atoms with Gasteiger partial charge in [-0.2, -0.15) is 4.98 Å².